The van der Waals surface area contributed by atoms with Crippen LogP contribution < -0.4 is 5.32 Å². The van der Waals surface area contributed by atoms with E-state index in [1.807, 2.05) is 29.4 Å². The van der Waals surface area contributed by atoms with Gasteiger partial charge >= 0.3 is 0 Å². The summed E-state index contributed by atoms with van der Waals surface area (Å²) in [6.45, 7) is 0. The molecule has 0 unspecified atom stereocenters. The molecule has 1 fully saturated rings. The van der Waals surface area contributed by atoms with Gasteiger partial charge in [0.15, 0.2) is 0 Å². The number of amides is 1. The third-order valence-corrected chi connectivity index (χ3v) is 6.76. The molecule has 4 aromatic rings. The number of thiazole rings is 1. The Labute approximate surface area is 186 Å². The summed E-state index contributed by atoms with van der Waals surface area (Å²) < 4.78 is 1.99. The van der Waals surface area contributed by atoms with Gasteiger partial charge in [0, 0.05) is 35.6 Å². The van der Waals surface area contributed by atoms with E-state index in [2.05, 4.69) is 46.0 Å². The molecule has 5 rings (SSSR count). The molecule has 5 nitrogen and oxygen atoms in total. The largest absolute Gasteiger partial charge is 0.348 e. The maximum absolute atomic E-state index is 13.0. The van der Waals surface area contributed by atoms with Crippen molar-refractivity contribution in [2.75, 3.05) is 0 Å². The fourth-order valence-corrected chi connectivity index (χ4v) is 5.00. The first kappa shape index (κ1) is 19.9. The van der Waals surface area contributed by atoms with Crippen LogP contribution in [-0.2, 0) is 13.5 Å². The molecule has 0 saturated heterocycles. The zero-order valence-electron chi connectivity index (χ0n) is 17.7. The molecular formula is C25H26N4OS. The van der Waals surface area contributed by atoms with Gasteiger partial charge in [0.25, 0.3) is 5.91 Å². The normalized spacial score (nSPS) is 14.7. The van der Waals surface area contributed by atoms with Crippen molar-refractivity contribution >= 4 is 28.3 Å². The second-order valence-corrected chi connectivity index (χ2v) is 9.11. The van der Waals surface area contributed by atoms with Crippen LogP contribution in [0, 0.1) is 0 Å². The van der Waals surface area contributed by atoms with Crippen molar-refractivity contribution in [3.8, 4) is 11.3 Å². The molecule has 31 heavy (non-hydrogen) atoms. The number of benzene rings is 1. The Morgan fingerprint density at radius 3 is 2.71 bits per heavy atom. The molecule has 158 valence electrons. The van der Waals surface area contributed by atoms with E-state index in [0.717, 1.165) is 47.1 Å². The fourth-order valence-electron chi connectivity index (χ4n) is 4.44. The minimum Gasteiger partial charge on any atom is -0.348 e. The first-order valence-corrected chi connectivity index (χ1v) is 11.8. The summed E-state index contributed by atoms with van der Waals surface area (Å²) in [5, 5.41) is 6.36. The van der Waals surface area contributed by atoms with Crippen LogP contribution in [0.1, 0.15) is 53.7 Å². The molecule has 3 heterocycles. The third-order valence-electron chi connectivity index (χ3n) is 6.17. The van der Waals surface area contributed by atoms with Gasteiger partial charge in [-0.2, -0.15) is 0 Å². The molecule has 0 aliphatic heterocycles. The number of fused-ring (bicyclic) bond motifs is 1. The van der Waals surface area contributed by atoms with Crippen LogP contribution in [0.3, 0.4) is 0 Å². The Hall–Kier alpha value is -2.99. The topological polar surface area (TPSA) is 59.8 Å². The first-order chi connectivity index (χ1) is 15.2. The highest BCUT2D eigenvalue weighted by atomic mass is 32.1. The van der Waals surface area contributed by atoms with Crippen molar-refractivity contribution < 1.29 is 4.79 Å². The Bertz CT molecular complexity index is 1190. The minimum absolute atomic E-state index is 0.0601. The number of carbonyl (C=O) groups excluding carboxylic acids is 1. The van der Waals surface area contributed by atoms with Crippen molar-refractivity contribution in [3.05, 3.63) is 70.3 Å². The lowest BCUT2D eigenvalue weighted by atomic mass is 9.95. The Kier molecular flexibility index (Phi) is 5.55. The summed E-state index contributed by atoms with van der Waals surface area (Å²) in [6, 6.07) is 12.8. The van der Waals surface area contributed by atoms with Gasteiger partial charge < -0.3 is 9.88 Å². The number of aryl methyl sites for hydroxylation is 1. The van der Waals surface area contributed by atoms with Crippen LogP contribution in [0.5, 0.6) is 0 Å². The van der Waals surface area contributed by atoms with Gasteiger partial charge in [-0.1, -0.05) is 43.5 Å². The molecule has 1 N–H and O–H groups in total. The SMILES string of the molecule is Cn1ccc2c(Cc3ccc(-c4cscn4)cc3)cc(C(=O)NC3CCCCC3)nc21. The van der Waals surface area contributed by atoms with Crippen molar-refractivity contribution in [1.29, 1.82) is 0 Å². The molecule has 0 radical (unpaired) electrons. The molecule has 1 aliphatic carbocycles. The first-order valence-electron chi connectivity index (χ1n) is 10.9. The predicted octanol–water partition coefficient (Wildman–Crippen LogP) is 5.35. The van der Waals surface area contributed by atoms with E-state index in [-0.39, 0.29) is 11.9 Å². The van der Waals surface area contributed by atoms with Gasteiger partial charge in [-0.05, 0) is 42.5 Å². The maximum Gasteiger partial charge on any atom is 0.270 e. The smallest absolute Gasteiger partial charge is 0.270 e. The second-order valence-electron chi connectivity index (χ2n) is 8.39. The third kappa shape index (κ3) is 4.26. The number of aromatic nitrogens is 3. The summed E-state index contributed by atoms with van der Waals surface area (Å²) >= 11 is 1.60. The summed E-state index contributed by atoms with van der Waals surface area (Å²) in [6.07, 6.45) is 8.55. The lowest BCUT2D eigenvalue weighted by molar-refractivity contribution is 0.0923. The van der Waals surface area contributed by atoms with Crippen molar-refractivity contribution in [2.45, 2.75) is 44.6 Å². The van der Waals surface area contributed by atoms with E-state index in [1.54, 1.807) is 11.3 Å². The van der Waals surface area contributed by atoms with E-state index in [9.17, 15) is 4.79 Å². The molecule has 0 atom stereocenters. The highest BCUT2D eigenvalue weighted by Gasteiger charge is 2.19. The average molecular weight is 431 g/mol. The van der Waals surface area contributed by atoms with Crippen LogP contribution in [0.4, 0.5) is 0 Å². The van der Waals surface area contributed by atoms with Crippen LogP contribution >= 0.6 is 11.3 Å². The highest BCUT2D eigenvalue weighted by Crippen LogP contribution is 2.25. The monoisotopic (exact) mass is 430 g/mol. The number of hydrogen-bond donors (Lipinski definition) is 1. The van der Waals surface area contributed by atoms with E-state index >= 15 is 0 Å². The van der Waals surface area contributed by atoms with Crippen LogP contribution in [0.2, 0.25) is 0 Å². The summed E-state index contributed by atoms with van der Waals surface area (Å²) in [5.41, 5.74) is 7.67. The number of rotatable bonds is 5. The molecule has 0 bridgehead atoms. The predicted molar refractivity (Wildman–Crippen MR) is 125 cm³/mol. The van der Waals surface area contributed by atoms with Crippen molar-refractivity contribution in [2.24, 2.45) is 7.05 Å². The van der Waals surface area contributed by atoms with Crippen molar-refractivity contribution in [1.82, 2.24) is 19.9 Å². The molecule has 0 spiro atoms. The average Bonchev–Trinajstić information content (AvgIpc) is 3.46. The summed E-state index contributed by atoms with van der Waals surface area (Å²) in [5.74, 6) is -0.0601. The van der Waals surface area contributed by atoms with Gasteiger partial charge in [-0.25, -0.2) is 9.97 Å². The van der Waals surface area contributed by atoms with E-state index in [4.69, 9.17) is 4.98 Å². The molecule has 1 saturated carbocycles. The molecule has 1 aromatic carbocycles. The number of carbonyl (C=O) groups is 1. The number of hydrogen-bond acceptors (Lipinski definition) is 4. The van der Waals surface area contributed by atoms with E-state index in [0.29, 0.717) is 5.69 Å². The summed E-state index contributed by atoms with van der Waals surface area (Å²) in [4.78, 5) is 22.1. The van der Waals surface area contributed by atoms with Gasteiger partial charge in [-0.15, -0.1) is 11.3 Å². The van der Waals surface area contributed by atoms with Gasteiger partial charge in [0.2, 0.25) is 0 Å². The molecule has 3 aromatic heterocycles. The fraction of sp³-hybridized carbons (Fsp3) is 0.320. The quantitative estimate of drug-likeness (QED) is 0.464. The zero-order valence-corrected chi connectivity index (χ0v) is 18.5. The summed E-state index contributed by atoms with van der Waals surface area (Å²) in [7, 11) is 1.98. The van der Waals surface area contributed by atoms with Crippen molar-refractivity contribution in [3.63, 3.8) is 0 Å². The van der Waals surface area contributed by atoms with Gasteiger partial charge in [0.1, 0.15) is 11.3 Å². The second kappa shape index (κ2) is 8.63. The van der Waals surface area contributed by atoms with Gasteiger partial charge in [-0.3, -0.25) is 4.79 Å². The van der Waals surface area contributed by atoms with E-state index < -0.39 is 0 Å². The lowest BCUT2D eigenvalue weighted by Crippen LogP contribution is -2.36. The Balaban J connectivity index is 1.42. The number of nitrogens with one attached hydrogen (secondary N) is 1. The standard InChI is InChI=1S/C25H26N4OS/c1-29-12-11-21-19(13-17-7-9-18(10-8-17)23-15-31-16-26-23)14-22(28-24(21)29)25(30)27-20-5-3-2-4-6-20/h7-12,14-16,20H,2-6,13H2,1H3,(H,27,30). The highest BCUT2D eigenvalue weighted by molar-refractivity contribution is 7.07. The molecule has 6 heteroatoms. The van der Waals surface area contributed by atoms with Crippen LogP contribution in [-0.4, -0.2) is 26.5 Å². The van der Waals surface area contributed by atoms with E-state index in [1.165, 1.54) is 24.8 Å². The molecule has 1 amide bonds. The Morgan fingerprint density at radius 1 is 1.16 bits per heavy atom. The molecule has 1 aliphatic rings. The van der Waals surface area contributed by atoms with Crippen LogP contribution in [0.15, 0.2) is 53.5 Å². The van der Waals surface area contributed by atoms with Gasteiger partial charge in [0.05, 0.1) is 11.2 Å². The number of pyridine rings is 1. The Morgan fingerprint density at radius 2 is 1.97 bits per heavy atom. The maximum atomic E-state index is 13.0. The molecular weight excluding hydrogens is 404 g/mol. The zero-order chi connectivity index (χ0) is 21.2. The minimum atomic E-state index is -0.0601. The lowest BCUT2D eigenvalue weighted by Gasteiger charge is -2.22. The van der Waals surface area contributed by atoms with Crippen LogP contribution in [0.25, 0.3) is 22.3 Å². The number of nitrogens with zero attached hydrogens (tertiary/aromatic N) is 3.